The predicted octanol–water partition coefficient (Wildman–Crippen LogP) is 1.11. The van der Waals surface area contributed by atoms with E-state index in [2.05, 4.69) is 0 Å². The van der Waals surface area contributed by atoms with Crippen LogP contribution in [0.25, 0.3) is 0 Å². The fourth-order valence-corrected chi connectivity index (χ4v) is 3.08. The molecule has 0 spiro atoms. The van der Waals surface area contributed by atoms with Crippen molar-refractivity contribution >= 4 is 11.9 Å². The number of carboxylic acid groups (broad SMARTS) is 1. The third-order valence-electron chi connectivity index (χ3n) is 4.11. The van der Waals surface area contributed by atoms with Crippen LogP contribution in [0.15, 0.2) is 0 Å². The van der Waals surface area contributed by atoms with Gasteiger partial charge in [0.2, 0.25) is 5.91 Å². The molecule has 4 nitrogen and oxygen atoms in total. The molecular weight excluding hydrogens is 194 g/mol. The number of carboxylic acids is 1. The van der Waals surface area contributed by atoms with E-state index in [9.17, 15) is 14.7 Å². The van der Waals surface area contributed by atoms with Crippen molar-refractivity contribution in [2.24, 2.45) is 11.8 Å². The van der Waals surface area contributed by atoms with E-state index in [4.69, 9.17) is 0 Å². The Labute approximate surface area is 89.3 Å². The SMILES string of the molecule is CC(=O)N(C)C1(C(=O)O)CCCC2CC21. The molecule has 0 bridgehead atoms. The van der Waals surface area contributed by atoms with Crippen molar-refractivity contribution in [1.29, 1.82) is 0 Å². The molecule has 4 heteroatoms. The molecule has 15 heavy (non-hydrogen) atoms. The zero-order valence-corrected chi connectivity index (χ0v) is 9.19. The second-order valence-corrected chi connectivity index (χ2v) is 4.80. The Balaban J connectivity index is 2.31. The van der Waals surface area contributed by atoms with Crippen LogP contribution in [-0.2, 0) is 9.59 Å². The summed E-state index contributed by atoms with van der Waals surface area (Å²) >= 11 is 0. The quantitative estimate of drug-likeness (QED) is 0.744. The largest absolute Gasteiger partial charge is 0.479 e. The maximum Gasteiger partial charge on any atom is 0.329 e. The summed E-state index contributed by atoms with van der Waals surface area (Å²) in [5, 5.41) is 9.41. The maximum absolute atomic E-state index is 11.5. The van der Waals surface area contributed by atoms with Gasteiger partial charge in [0, 0.05) is 14.0 Å². The van der Waals surface area contributed by atoms with Gasteiger partial charge >= 0.3 is 5.97 Å². The average molecular weight is 211 g/mol. The molecular formula is C11H17NO3. The first-order valence-corrected chi connectivity index (χ1v) is 5.48. The minimum atomic E-state index is -0.908. The number of amides is 1. The lowest BCUT2D eigenvalue weighted by molar-refractivity contribution is -0.161. The van der Waals surface area contributed by atoms with Crippen molar-refractivity contribution in [2.75, 3.05) is 7.05 Å². The third kappa shape index (κ3) is 1.34. The van der Waals surface area contributed by atoms with Crippen molar-refractivity contribution in [3.05, 3.63) is 0 Å². The smallest absolute Gasteiger partial charge is 0.329 e. The minimum Gasteiger partial charge on any atom is -0.479 e. The fourth-order valence-electron chi connectivity index (χ4n) is 3.08. The standard InChI is InChI=1S/C11H17NO3/c1-7(13)12(2)11(10(14)15)5-3-4-8-6-9(8)11/h8-9H,3-6H2,1-2H3,(H,14,15). The molecule has 2 rings (SSSR count). The van der Waals surface area contributed by atoms with Crippen LogP contribution in [0.3, 0.4) is 0 Å². The molecule has 2 aliphatic carbocycles. The van der Waals surface area contributed by atoms with Crippen LogP contribution < -0.4 is 0 Å². The monoisotopic (exact) mass is 211 g/mol. The summed E-state index contributed by atoms with van der Waals surface area (Å²) in [5.41, 5.74) is -0.908. The topological polar surface area (TPSA) is 57.6 Å². The highest BCUT2D eigenvalue weighted by Crippen LogP contribution is 2.56. The highest BCUT2D eigenvalue weighted by atomic mass is 16.4. The first-order chi connectivity index (χ1) is 7.00. The van der Waals surface area contributed by atoms with E-state index in [1.165, 1.54) is 11.8 Å². The number of carbonyl (C=O) groups excluding carboxylic acids is 1. The summed E-state index contributed by atoms with van der Waals surface area (Å²) in [6.45, 7) is 1.44. The van der Waals surface area contributed by atoms with E-state index in [1.54, 1.807) is 7.05 Å². The van der Waals surface area contributed by atoms with Gasteiger partial charge in [0.1, 0.15) is 5.54 Å². The van der Waals surface area contributed by atoms with Crippen LogP contribution in [-0.4, -0.2) is 34.5 Å². The number of fused-ring (bicyclic) bond motifs is 1. The van der Waals surface area contributed by atoms with Crippen molar-refractivity contribution in [2.45, 2.75) is 38.1 Å². The van der Waals surface area contributed by atoms with Crippen LogP contribution in [0.4, 0.5) is 0 Å². The number of nitrogens with zero attached hydrogens (tertiary/aromatic N) is 1. The van der Waals surface area contributed by atoms with Gasteiger partial charge in [-0.3, -0.25) is 4.79 Å². The van der Waals surface area contributed by atoms with Crippen LogP contribution in [0, 0.1) is 11.8 Å². The van der Waals surface area contributed by atoms with E-state index in [0.29, 0.717) is 12.3 Å². The van der Waals surface area contributed by atoms with E-state index < -0.39 is 11.5 Å². The molecule has 0 saturated heterocycles. The minimum absolute atomic E-state index is 0.148. The Morgan fingerprint density at radius 3 is 2.67 bits per heavy atom. The molecule has 0 heterocycles. The van der Waals surface area contributed by atoms with Gasteiger partial charge in [0.15, 0.2) is 0 Å². The van der Waals surface area contributed by atoms with Crippen LogP contribution in [0.5, 0.6) is 0 Å². The third-order valence-corrected chi connectivity index (χ3v) is 4.11. The zero-order chi connectivity index (χ0) is 11.2. The molecule has 0 aliphatic heterocycles. The van der Waals surface area contributed by atoms with E-state index in [0.717, 1.165) is 19.3 Å². The Kier molecular flexibility index (Phi) is 2.24. The summed E-state index contributed by atoms with van der Waals surface area (Å²) < 4.78 is 0. The van der Waals surface area contributed by atoms with Gasteiger partial charge in [-0.1, -0.05) is 6.42 Å². The lowest BCUT2D eigenvalue weighted by Crippen LogP contribution is -2.57. The summed E-state index contributed by atoms with van der Waals surface area (Å²) in [6, 6.07) is 0. The molecule has 0 aromatic rings. The fraction of sp³-hybridized carbons (Fsp3) is 0.818. The highest BCUT2D eigenvalue weighted by Gasteiger charge is 2.61. The number of likely N-dealkylation sites (N-methyl/N-ethyl adjacent to an activating group) is 1. The molecule has 1 amide bonds. The Morgan fingerprint density at radius 2 is 2.13 bits per heavy atom. The molecule has 2 aliphatic rings. The lowest BCUT2D eigenvalue weighted by atomic mass is 9.80. The highest BCUT2D eigenvalue weighted by molar-refractivity contribution is 5.87. The summed E-state index contributed by atoms with van der Waals surface area (Å²) in [4.78, 5) is 24.3. The molecule has 0 aromatic heterocycles. The van der Waals surface area contributed by atoms with Crippen molar-refractivity contribution in [3.63, 3.8) is 0 Å². The van der Waals surface area contributed by atoms with Crippen molar-refractivity contribution in [1.82, 2.24) is 4.90 Å². The second kappa shape index (κ2) is 3.22. The zero-order valence-electron chi connectivity index (χ0n) is 9.19. The van der Waals surface area contributed by atoms with Gasteiger partial charge < -0.3 is 10.0 Å². The maximum atomic E-state index is 11.5. The molecule has 2 saturated carbocycles. The van der Waals surface area contributed by atoms with E-state index >= 15 is 0 Å². The molecule has 2 fully saturated rings. The normalized spacial score (nSPS) is 38.0. The second-order valence-electron chi connectivity index (χ2n) is 4.80. The molecule has 84 valence electrons. The first kappa shape index (κ1) is 10.5. The summed E-state index contributed by atoms with van der Waals surface area (Å²) in [5.74, 6) is -0.244. The number of rotatable bonds is 2. The number of hydrogen-bond acceptors (Lipinski definition) is 2. The van der Waals surface area contributed by atoms with Gasteiger partial charge in [0.25, 0.3) is 0 Å². The van der Waals surface area contributed by atoms with Gasteiger partial charge in [-0.25, -0.2) is 4.79 Å². The number of aliphatic carboxylic acids is 1. The summed E-state index contributed by atoms with van der Waals surface area (Å²) in [7, 11) is 1.62. The van der Waals surface area contributed by atoms with E-state index in [-0.39, 0.29) is 11.8 Å². The van der Waals surface area contributed by atoms with Gasteiger partial charge in [-0.05, 0) is 31.1 Å². The Morgan fingerprint density at radius 1 is 1.47 bits per heavy atom. The van der Waals surface area contributed by atoms with Gasteiger partial charge in [0.05, 0.1) is 0 Å². The molecule has 3 unspecified atom stereocenters. The number of carbonyl (C=O) groups is 2. The predicted molar refractivity (Wildman–Crippen MR) is 54.3 cm³/mol. The van der Waals surface area contributed by atoms with Crippen LogP contribution in [0.1, 0.15) is 32.6 Å². The lowest BCUT2D eigenvalue weighted by Gasteiger charge is -2.40. The van der Waals surface area contributed by atoms with Crippen LogP contribution in [0.2, 0.25) is 0 Å². The van der Waals surface area contributed by atoms with Gasteiger partial charge in [-0.2, -0.15) is 0 Å². The average Bonchev–Trinajstić information content (AvgIpc) is 2.94. The van der Waals surface area contributed by atoms with Crippen LogP contribution >= 0.6 is 0 Å². The summed E-state index contributed by atoms with van der Waals surface area (Å²) in [6.07, 6.45) is 3.64. The Hall–Kier alpha value is -1.06. The van der Waals surface area contributed by atoms with Crippen molar-refractivity contribution in [3.8, 4) is 0 Å². The molecule has 0 radical (unpaired) electrons. The Bertz CT molecular complexity index is 315. The van der Waals surface area contributed by atoms with Gasteiger partial charge in [-0.15, -0.1) is 0 Å². The first-order valence-electron chi connectivity index (χ1n) is 5.48. The molecule has 0 aromatic carbocycles. The molecule has 1 N–H and O–H groups in total. The molecule has 3 atom stereocenters. The van der Waals surface area contributed by atoms with Crippen molar-refractivity contribution < 1.29 is 14.7 Å². The number of hydrogen-bond donors (Lipinski definition) is 1. The van der Waals surface area contributed by atoms with E-state index in [1.807, 2.05) is 0 Å².